The summed E-state index contributed by atoms with van der Waals surface area (Å²) in [5.41, 5.74) is 0. The molecule has 5 heteroatoms. The van der Waals surface area contributed by atoms with E-state index in [1.807, 2.05) is 0 Å². The highest BCUT2D eigenvalue weighted by molar-refractivity contribution is 8.01. The molecule has 3 nitrogen and oxygen atoms in total. The Morgan fingerprint density at radius 2 is 1.96 bits per heavy atom. The van der Waals surface area contributed by atoms with Gasteiger partial charge in [0, 0.05) is 6.54 Å². The van der Waals surface area contributed by atoms with Gasteiger partial charge in [-0.3, -0.25) is 4.79 Å². The molecular weight excluding hydrogens is 324 g/mol. The van der Waals surface area contributed by atoms with E-state index in [4.69, 9.17) is 0 Å². The molecule has 0 atom stereocenters. The van der Waals surface area contributed by atoms with Gasteiger partial charge >= 0.3 is 0 Å². The molecule has 1 heterocycles. The molecule has 4 bridgehead atoms. The Bertz CT molecular complexity index is 543. The molecule has 0 aliphatic heterocycles. The second-order valence-corrected chi connectivity index (χ2v) is 10.1. The van der Waals surface area contributed by atoms with Gasteiger partial charge in [-0.1, -0.05) is 18.7 Å². The number of aromatic nitrogens is 1. The molecule has 1 aromatic rings. The molecule has 4 aliphatic rings. The largest absolute Gasteiger partial charge is 0.351 e. The fraction of sp³-hybridized carbons (Fsp3) is 0.778. The Kier molecular flexibility index (Phi) is 4.68. The van der Waals surface area contributed by atoms with E-state index in [-0.39, 0.29) is 5.91 Å². The first-order valence-electron chi connectivity index (χ1n) is 9.09. The number of rotatable bonds is 6. The maximum absolute atomic E-state index is 12.3. The number of thiazole rings is 1. The highest BCUT2D eigenvalue weighted by Crippen LogP contribution is 2.57. The van der Waals surface area contributed by atoms with E-state index in [1.165, 1.54) is 49.9 Å². The highest BCUT2D eigenvalue weighted by Gasteiger charge is 2.47. The number of hydrogen-bond donors (Lipinski definition) is 1. The van der Waals surface area contributed by atoms with Gasteiger partial charge in [-0.05, 0) is 73.9 Å². The summed E-state index contributed by atoms with van der Waals surface area (Å²) < 4.78 is 0.999. The van der Waals surface area contributed by atoms with Crippen LogP contribution < -0.4 is 5.32 Å². The molecular formula is C18H26N2OS2. The first-order chi connectivity index (χ1) is 11.2. The lowest BCUT2D eigenvalue weighted by molar-refractivity contribution is -0.0391. The first-order valence-corrected chi connectivity index (χ1v) is 10.9. The number of nitrogens with zero attached hydrogens (tertiary/aromatic N) is 1. The monoisotopic (exact) mass is 350 g/mol. The predicted octanol–water partition coefficient (Wildman–Crippen LogP) is 4.45. The Hall–Kier alpha value is -0.550. The van der Waals surface area contributed by atoms with Crippen molar-refractivity contribution in [2.45, 2.75) is 49.8 Å². The van der Waals surface area contributed by atoms with E-state index in [9.17, 15) is 4.79 Å². The van der Waals surface area contributed by atoms with Gasteiger partial charge in [0.25, 0.3) is 5.91 Å². The molecule has 0 radical (unpaired) electrons. The van der Waals surface area contributed by atoms with Crippen LogP contribution in [0.4, 0.5) is 0 Å². The van der Waals surface area contributed by atoms with Crippen LogP contribution in [0.15, 0.2) is 10.5 Å². The first kappa shape index (κ1) is 15.9. The van der Waals surface area contributed by atoms with E-state index >= 15 is 0 Å². The third-order valence-corrected chi connectivity index (χ3v) is 8.20. The van der Waals surface area contributed by atoms with Crippen LogP contribution in [0.3, 0.4) is 0 Å². The second-order valence-electron chi connectivity index (χ2n) is 7.56. The third kappa shape index (κ3) is 3.32. The summed E-state index contributed by atoms with van der Waals surface area (Å²) in [6.07, 6.45) is 10.3. The van der Waals surface area contributed by atoms with Gasteiger partial charge < -0.3 is 5.32 Å². The standard InChI is InChI=1S/C18H26N2OS2/c1-2-22-18-20-10-16(23-18)17(21)19-4-3-15-13-6-11-5-12(8-13)9-14(15)7-11/h10-15H,2-9H2,1H3,(H,19,21). The van der Waals surface area contributed by atoms with Gasteiger partial charge in [0.15, 0.2) is 4.34 Å². The summed E-state index contributed by atoms with van der Waals surface area (Å²) in [7, 11) is 0. The number of carbonyl (C=O) groups is 1. The van der Waals surface area contributed by atoms with E-state index in [0.717, 1.165) is 51.1 Å². The van der Waals surface area contributed by atoms with E-state index in [0.29, 0.717) is 0 Å². The van der Waals surface area contributed by atoms with Crippen LogP contribution in [0.2, 0.25) is 0 Å². The highest BCUT2D eigenvalue weighted by atomic mass is 32.2. The minimum absolute atomic E-state index is 0.0641. The summed E-state index contributed by atoms with van der Waals surface area (Å²) in [6, 6.07) is 0. The molecule has 5 rings (SSSR count). The zero-order valence-corrected chi connectivity index (χ0v) is 15.4. The van der Waals surface area contributed by atoms with Crippen molar-refractivity contribution in [3.05, 3.63) is 11.1 Å². The smallest absolute Gasteiger partial charge is 0.263 e. The fourth-order valence-corrected chi connectivity index (χ4v) is 7.30. The maximum atomic E-state index is 12.3. The lowest BCUT2D eigenvalue weighted by atomic mass is 9.51. The molecule has 4 fully saturated rings. The zero-order chi connectivity index (χ0) is 15.8. The summed E-state index contributed by atoms with van der Waals surface area (Å²) >= 11 is 3.22. The molecule has 23 heavy (non-hydrogen) atoms. The topological polar surface area (TPSA) is 42.0 Å². The average molecular weight is 351 g/mol. The van der Waals surface area contributed by atoms with Gasteiger partial charge in [-0.25, -0.2) is 4.98 Å². The number of carbonyl (C=O) groups excluding carboxylic acids is 1. The van der Waals surface area contributed by atoms with Crippen molar-refractivity contribution in [2.24, 2.45) is 29.6 Å². The van der Waals surface area contributed by atoms with E-state index < -0.39 is 0 Å². The lowest BCUT2D eigenvalue weighted by Gasteiger charge is -2.54. The molecule has 1 aromatic heterocycles. The molecule has 0 saturated heterocycles. The van der Waals surface area contributed by atoms with Gasteiger partial charge in [0.1, 0.15) is 4.88 Å². The molecule has 4 aliphatic carbocycles. The molecule has 0 spiro atoms. The Balaban J connectivity index is 1.27. The molecule has 4 saturated carbocycles. The lowest BCUT2D eigenvalue weighted by Crippen LogP contribution is -2.46. The van der Waals surface area contributed by atoms with Crippen molar-refractivity contribution in [2.75, 3.05) is 12.3 Å². The van der Waals surface area contributed by atoms with Gasteiger partial charge in [0.05, 0.1) is 6.20 Å². The van der Waals surface area contributed by atoms with Crippen LogP contribution in [0.25, 0.3) is 0 Å². The SMILES string of the molecule is CCSc1ncc(C(=O)NCCC2C3CC4CC(C3)CC2C4)s1. The molecule has 1 amide bonds. The van der Waals surface area contributed by atoms with Crippen molar-refractivity contribution in [1.29, 1.82) is 0 Å². The van der Waals surface area contributed by atoms with Gasteiger partial charge in [0.2, 0.25) is 0 Å². The summed E-state index contributed by atoms with van der Waals surface area (Å²) in [5.74, 6) is 5.93. The van der Waals surface area contributed by atoms with Crippen LogP contribution in [-0.2, 0) is 0 Å². The van der Waals surface area contributed by atoms with Crippen LogP contribution in [0.1, 0.15) is 55.1 Å². The third-order valence-electron chi connectivity index (χ3n) is 6.16. The van der Waals surface area contributed by atoms with Crippen LogP contribution in [0, 0.1) is 29.6 Å². The quantitative estimate of drug-likeness (QED) is 0.771. The minimum Gasteiger partial charge on any atom is -0.351 e. The Morgan fingerprint density at radius 1 is 1.26 bits per heavy atom. The molecule has 0 unspecified atom stereocenters. The fourth-order valence-electron chi connectivity index (χ4n) is 5.50. The Labute approximate surface area is 147 Å². The van der Waals surface area contributed by atoms with Crippen LogP contribution in [-0.4, -0.2) is 23.2 Å². The minimum atomic E-state index is 0.0641. The van der Waals surface area contributed by atoms with Crippen molar-refractivity contribution >= 4 is 29.0 Å². The average Bonchev–Trinajstić information content (AvgIpc) is 2.98. The van der Waals surface area contributed by atoms with E-state index in [1.54, 1.807) is 18.0 Å². The number of hydrogen-bond acceptors (Lipinski definition) is 4. The predicted molar refractivity (Wildman–Crippen MR) is 96.0 cm³/mol. The van der Waals surface area contributed by atoms with Crippen molar-refractivity contribution in [1.82, 2.24) is 10.3 Å². The molecule has 126 valence electrons. The summed E-state index contributed by atoms with van der Waals surface area (Å²) in [6.45, 7) is 2.94. The van der Waals surface area contributed by atoms with Crippen molar-refractivity contribution in [3.63, 3.8) is 0 Å². The van der Waals surface area contributed by atoms with E-state index in [2.05, 4.69) is 17.2 Å². The van der Waals surface area contributed by atoms with Gasteiger partial charge in [-0.2, -0.15) is 0 Å². The Morgan fingerprint density at radius 3 is 2.61 bits per heavy atom. The zero-order valence-electron chi connectivity index (χ0n) is 13.8. The molecule has 0 aromatic carbocycles. The summed E-state index contributed by atoms with van der Waals surface area (Å²) in [5, 5.41) is 3.14. The summed E-state index contributed by atoms with van der Waals surface area (Å²) in [4.78, 5) is 17.3. The number of amides is 1. The van der Waals surface area contributed by atoms with Crippen molar-refractivity contribution < 1.29 is 4.79 Å². The number of thioether (sulfide) groups is 1. The maximum Gasteiger partial charge on any atom is 0.263 e. The molecule has 1 N–H and O–H groups in total. The second kappa shape index (κ2) is 6.75. The van der Waals surface area contributed by atoms with Crippen LogP contribution in [0.5, 0.6) is 0 Å². The number of nitrogens with one attached hydrogen (secondary N) is 1. The van der Waals surface area contributed by atoms with Crippen molar-refractivity contribution in [3.8, 4) is 0 Å². The normalized spacial score (nSPS) is 34.7. The van der Waals surface area contributed by atoms with Crippen LogP contribution >= 0.6 is 23.1 Å². The van der Waals surface area contributed by atoms with Gasteiger partial charge in [-0.15, -0.1) is 11.3 Å².